The molecular weight excluding hydrogens is 475 g/mol. The van der Waals surface area contributed by atoms with Gasteiger partial charge in [0.2, 0.25) is 5.88 Å². The lowest BCUT2D eigenvalue weighted by Gasteiger charge is -2.15. The number of hydrogen-bond acceptors (Lipinski definition) is 5. The number of hydrogen-bond donors (Lipinski definition) is 2. The molecule has 2 aromatic heterocycles. The van der Waals surface area contributed by atoms with Gasteiger partial charge in [-0.05, 0) is 40.8 Å². The van der Waals surface area contributed by atoms with E-state index in [0.717, 1.165) is 24.6 Å². The first kappa shape index (κ1) is 23.6. The highest BCUT2D eigenvalue weighted by Gasteiger charge is 2.07. The van der Waals surface area contributed by atoms with Crippen molar-refractivity contribution in [3.8, 4) is 5.88 Å². The summed E-state index contributed by atoms with van der Waals surface area (Å²) in [5.74, 6) is 1.86. The van der Waals surface area contributed by atoms with Crippen molar-refractivity contribution in [1.29, 1.82) is 0 Å². The number of thiophene rings is 1. The Kier molecular flexibility index (Phi) is 12.0. The average molecular weight is 504 g/mol. The number of nitrogens with one attached hydrogen (secondary N) is 2. The van der Waals surface area contributed by atoms with Gasteiger partial charge < -0.3 is 20.1 Å². The molecule has 0 saturated heterocycles. The van der Waals surface area contributed by atoms with Gasteiger partial charge in [-0.25, -0.2) is 9.98 Å². The Balaban J connectivity index is 0.00000364. The SMILES string of the molecule is CCNC(=NCc1ccc(OCCOC)nc1)NCC(C)c1ccsc1.I. The standard InChI is InChI=1S/C19H28N4O2S.HI/c1-4-20-19(22-11-15(2)17-7-10-26-14-17)23-13-16-5-6-18(21-12-16)25-9-8-24-3;/h5-7,10,12,14-15H,4,8-9,11,13H2,1-3H3,(H2,20,22,23);1H. The summed E-state index contributed by atoms with van der Waals surface area (Å²) in [5, 5.41) is 11.0. The van der Waals surface area contributed by atoms with Gasteiger partial charge in [0.05, 0.1) is 13.2 Å². The lowest BCUT2D eigenvalue weighted by molar-refractivity contribution is 0.143. The molecule has 1 unspecified atom stereocenters. The fraction of sp³-hybridized carbons (Fsp3) is 0.474. The molecule has 2 N–H and O–H groups in total. The monoisotopic (exact) mass is 504 g/mol. The van der Waals surface area contributed by atoms with Crippen molar-refractivity contribution in [3.05, 3.63) is 46.3 Å². The van der Waals surface area contributed by atoms with Gasteiger partial charge in [-0.1, -0.05) is 13.0 Å². The predicted octanol–water partition coefficient (Wildman–Crippen LogP) is 3.65. The van der Waals surface area contributed by atoms with Crippen LogP contribution in [0.1, 0.15) is 30.9 Å². The van der Waals surface area contributed by atoms with Crippen LogP contribution in [0.2, 0.25) is 0 Å². The molecular formula is C19H29IN4O2S. The molecule has 2 aromatic rings. The number of rotatable bonds is 10. The third kappa shape index (κ3) is 8.89. The zero-order chi connectivity index (χ0) is 18.6. The molecule has 0 saturated carbocycles. The topological polar surface area (TPSA) is 67.8 Å². The van der Waals surface area contributed by atoms with Crippen LogP contribution in [0.5, 0.6) is 5.88 Å². The second kappa shape index (κ2) is 13.7. The summed E-state index contributed by atoms with van der Waals surface area (Å²) in [7, 11) is 1.65. The molecule has 8 heteroatoms. The minimum Gasteiger partial charge on any atom is -0.475 e. The summed E-state index contributed by atoms with van der Waals surface area (Å²) in [6.07, 6.45) is 1.79. The van der Waals surface area contributed by atoms with E-state index in [1.807, 2.05) is 12.1 Å². The van der Waals surface area contributed by atoms with Crippen molar-refractivity contribution in [2.45, 2.75) is 26.3 Å². The number of aromatic nitrogens is 1. The molecule has 1 atom stereocenters. The lowest BCUT2D eigenvalue weighted by atomic mass is 10.1. The summed E-state index contributed by atoms with van der Waals surface area (Å²) >= 11 is 1.73. The lowest BCUT2D eigenvalue weighted by Crippen LogP contribution is -2.39. The molecule has 0 aliphatic carbocycles. The Morgan fingerprint density at radius 1 is 1.26 bits per heavy atom. The molecule has 150 valence electrons. The number of guanidine groups is 1. The smallest absolute Gasteiger partial charge is 0.213 e. The summed E-state index contributed by atoms with van der Waals surface area (Å²) in [5.41, 5.74) is 2.39. The number of methoxy groups -OCH3 is 1. The fourth-order valence-electron chi connectivity index (χ4n) is 2.25. The normalized spacial score (nSPS) is 12.2. The number of nitrogens with zero attached hydrogens (tertiary/aromatic N) is 2. The van der Waals surface area contributed by atoms with Gasteiger partial charge in [-0.3, -0.25) is 0 Å². The second-order valence-corrected chi connectivity index (χ2v) is 6.66. The van der Waals surface area contributed by atoms with E-state index in [-0.39, 0.29) is 24.0 Å². The molecule has 0 aromatic carbocycles. The largest absolute Gasteiger partial charge is 0.475 e. The van der Waals surface area contributed by atoms with Crippen molar-refractivity contribution in [1.82, 2.24) is 15.6 Å². The Morgan fingerprint density at radius 3 is 2.74 bits per heavy atom. The molecule has 2 rings (SSSR count). The minimum absolute atomic E-state index is 0. The highest BCUT2D eigenvalue weighted by Crippen LogP contribution is 2.17. The van der Waals surface area contributed by atoms with Crippen LogP contribution in [0.15, 0.2) is 40.1 Å². The highest BCUT2D eigenvalue weighted by molar-refractivity contribution is 14.0. The van der Waals surface area contributed by atoms with Crippen LogP contribution < -0.4 is 15.4 Å². The maximum absolute atomic E-state index is 5.47. The van der Waals surface area contributed by atoms with E-state index in [1.54, 1.807) is 24.6 Å². The third-order valence-electron chi connectivity index (χ3n) is 3.79. The van der Waals surface area contributed by atoms with E-state index in [1.165, 1.54) is 5.56 Å². The van der Waals surface area contributed by atoms with Gasteiger partial charge in [0.25, 0.3) is 0 Å². The zero-order valence-corrected chi connectivity index (χ0v) is 19.3. The Morgan fingerprint density at radius 2 is 2.11 bits per heavy atom. The molecule has 0 bridgehead atoms. The van der Waals surface area contributed by atoms with Crippen molar-refractivity contribution >= 4 is 41.3 Å². The van der Waals surface area contributed by atoms with E-state index in [9.17, 15) is 0 Å². The van der Waals surface area contributed by atoms with Crippen LogP contribution in [0.4, 0.5) is 0 Å². The second-order valence-electron chi connectivity index (χ2n) is 5.88. The Hall–Kier alpha value is -1.39. The first-order valence-corrected chi connectivity index (χ1v) is 9.78. The van der Waals surface area contributed by atoms with Gasteiger partial charge in [0.1, 0.15) is 6.61 Å². The third-order valence-corrected chi connectivity index (χ3v) is 4.49. The summed E-state index contributed by atoms with van der Waals surface area (Å²) in [6, 6.07) is 6.01. The molecule has 0 spiro atoms. The molecule has 2 heterocycles. The fourth-order valence-corrected chi connectivity index (χ4v) is 3.04. The number of ether oxygens (including phenoxy) is 2. The maximum Gasteiger partial charge on any atom is 0.213 e. The van der Waals surface area contributed by atoms with Gasteiger partial charge in [0.15, 0.2) is 5.96 Å². The Labute approximate surface area is 182 Å². The molecule has 27 heavy (non-hydrogen) atoms. The van der Waals surface area contributed by atoms with E-state index in [4.69, 9.17) is 9.47 Å². The molecule has 0 aliphatic heterocycles. The van der Waals surface area contributed by atoms with E-state index >= 15 is 0 Å². The molecule has 0 fully saturated rings. The van der Waals surface area contributed by atoms with Crippen LogP contribution >= 0.6 is 35.3 Å². The van der Waals surface area contributed by atoms with Crippen LogP contribution in [0.3, 0.4) is 0 Å². The first-order valence-electron chi connectivity index (χ1n) is 8.83. The predicted molar refractivity (Wildman–Crippen MR) is 123 cm³/mol. The van der Waals surface area contributed by atoms with Crippen molar-refractivity contribution in [2.75, 3.05) is 33.4 Å². The Bertz CT molecular complexity index is 650. The van der Waals surface area contributed by atoms with Crippen molar-refractivity contribution < 1.29 is 9.47 Å². The molecule has 6 nitrogen and oxygen atoms in total. The average Bonchev–Trinajstić information content (AvgIpc) is 3.20. The van der Waals surface area contributed by atoms with Crippen LogP contribution in [-0.2, 0) is 11.3 Å². The van der Waals surface area contributed by atoms with Gasteiger partial charge in [0, 0.05) is 32.5 Å². The maximum atomic E-state index is 5.47. The van der Waals surface area contributed by atoms with Gasteiger partial charge >= 0.3 is 0 Å². The quantitative estimate of drug-likeness (QED) is 0.224. The minimum atomic E-state index is 0. The first-order chi connectivity index (χ1) is 12.7. The summed E-state index contributed by atoms with van der Waals surface area (Å²) in [6.45, 7) is 7.55. The van der Waals surface area contributed by atoms with Crippen LogP contribution in [-0.4, -0.2) is 44.4 Å². The van der Waals surface area contributed by atoms with Crippen molar-refractivity contribution in [3.63, 3.8) is 0 Å². The highest BCUT2D eigenvalue weighted by atomic mass is 127. The molecule has 0 radical (unpaired) electrons. The summed E-state index contributed by atoms with van der Waals surface area (Å²) in [4.78, 5) is 8.93. The number of aliphatic imine (C=N–C) groups is 1. The van der Waals surface area contributed by atoms with E-state index < -0.39 is 0 Å². The molecule has 0 amide bonds. The number of halogens is 1. The van der Waals surface area contributed by atoms with Crippen LogP contribution in [0, 0.1) is 0 Å². The van der Waals surface area contributed by atoms with Crippen LogP contribution in [0.25, 0.3) is 0 Å². The van der Waals surface area contributed by atoms with Gasteiger partial charge in [-0.2, -0.15) is 11.3 Å². The summed E-state index contributed by atoms with van der Waals surface area (Å²) < 4.78 is 10.4. The van der Waals surface area contributed by atoms with Crippen molar-refractivity contribution in [2.24, 2.45) is 4.99 Å². The number of pyridine rings is 1. The van der Waals surface area contributed by atoms with E-state index in [0.29, 0.717) is 31.6 Å². The van der Waals surface area contributed by atoms with E-state index in [2.05, 4.69) is 51.3 Å². The molecule has 0 aliphatic rings. The zero-order valence-electron chi connectivity index (χ0n) is 16.1. The van der Waals surface area contributed by atoms with Gasteiger partial charge in [-0.15, -0.1) is 24.0 Å².